The summed E-state index contributed by atoms with van der Waals surface area (Å²) >= 11 is 12.5. The lowest BCUT2D eigenvalue weighted by molar-refractivity contribution is 0.0956. The van der Waals surface area contributed by atoms with E-state index in [1.165, 1.54) is 5.56 Å². The molecule has 0 fully saturated rings. The molecule has 7 nitrogen and oxygen atoms in total. The van der Waals surface area contributed by atoms with Crippen LogP contribution in [0, 0.1) is 0 Å². The quantitative estimate of drug-likeness (QED) is 0.171. The van der Waals surface area contributed by atoms with Gasteiger partial charge in [-0.3, -0.25) is 9.35 Å². The number of rotatable bonds is 8. The first-order chi connectivity index (χ1) is 20.3. The van der Waals surface area contributed by atoms with Crippen LogP contribution in [0.5, 0.6) is 0 Å². The Morgan fingerprint density at radius 3 is 2.21 bits per heavy atom. The zero-order valence-electron chi connectivity index (χ0n) is 23.9. The molecule has 2 N–H and O–H groups in total. The van der Waals surface area contributed by atoms with E-state index in [-0.39, 0.29) is 12.0 Å². The van der Waals surface area contributed by atoms with Gasteiger partial charge >= 0.3 is 0 Å². The third-order valence-corrected chi connectivity index (χ3v) is 8.47. The summed E-state index contributed by atoms with van der Waals surface area (Å²) < 4.78 is 32.9. The van der Waals surface area contributed by atoms with Crippen molar-refractivity contribution in [2.45, 2.75) is 32.7 Å². The molecular formula is C33H31Cl2N3O4S. The maximum Gasteiger partial charge on any atom is 0.266 e. The van der Waals surface area contributed by atoms with E-state index in [1.807, 2.05) is 48.5 Å². The van der Waals surface area contributed by atoms with Crippen molar-refractivity contribution < 1.29 is 17.8 Å². The van der Waals surface area contributed by atoms with Crippen molar-refractivity contribution in [3.63, 3.8) is 0 Å². The number of hydrogen-bond acceptors (Lipinski definition) is 4. The van der Waals surface area contributed by atoms with Crippen LogP contribution in [-0.4, -0.2) is 40.7 Å². The van der Waals surface area contributed by atoms with Gasteiger partial charge in [-0.25, -0.2) is 4.98 Å². The van der Waals surface area contributed by atoms with Gasteiger partial charge in [0.2, 0.25) is 0 Å². The van der Waals surface area contributed by atoms with Crippen LogP contribution >= 0.6 is 23.2 Å². The number of nitrogens with one attached hydrogen (secondary N) is 1. The highest BCUT2D eigenvalue weighted by Gasteiger charge is 2.19. The Balaban J connectivity index is 1.49. The van der Waals surface area contributed by atoms with Crippen molar-refractivity contribution in [1.29, 1.82) is 0 Å². The van der Waals surface area contributed by atoms with Gasteiger partial charge in [0.15, 0.2) is 0 Å². The lowest BCUT2D eigenvalue weighted by atomic mass is 9.87. The number of halogens is 2. The molecule has 0 bridgehead atoms. The minimum atomic E-state index is -4.15. The fourth-order valence-corrected chi connectivity index (χ4v) is 5.71. The van der Waals surface area contributed by atoms with Crippen LogP contribution in [0.15, 0.2) is 84.9 Å². The smallest absolute Gasteiger partial charge is 0.266 e. The molecule has 0 saturated carbocycles. The molecule has 1 amide bonds. The van der Waals surface area contributed by atoms with E-state index in [4.69, 9.17) is 32.7 Å². The van der Waals surface area contributed by atoms with Crippen LogP contribution < -0.4 is 5.32 Å². The molecule has 5 aromatic rings. The van der Waals surface area contributed by atoms with Crippen molar-refractivity contribution in [2.75, 3.05) is 12.3 Å². The summed E-state index contributed by atoms with van der Waals surface area (Å²) in [7, 11) is -4.15. The summed E-state index contributed by atoms with van der Waals surface area (Å²) in [5.74, 6) is -0.154. The largest absolute Gasteiger partial charge is 0.351 e. The monoisotopic (exact) mass is 635 g/mol. The standard InChI is InChI=1S/C33H31Cl2N3O4S/c1-33(2,3)25-12-15-29-30(18-25)38(20-21-4-6-24(7-5-21)32(39)36-16-17-43(40,41)42)31(37-29)23-10-8-22(9-11-23)27-14-13-26(34)19-28(27)35/h4-15,18-19H,16-17,20H2,1-3H3,(H,36,39)(H,40,41,42). The first-order valence-corrected chi connectivity index (χ1v) is 16.0. The number of aromatic nitrogens is 2. The van der Waals surface area contributed by atoms with E-state index >= 15 is 0 Å². The maximum absolute atomic E-state index is 12.5. The Morgan fingerprint density at radius 1 is 0.907 bits per heavy atom. The third kappa shape index (κ3) is 7.28. The summed E-state index contributed by atoms with van der Waals surface area (Å²) in [4.78, 5) is 17.5. The lowest BCUT2D eigenvalue weighted by Crippen LogP contribution is -2.28. The summed E-state index contributed by atoms with van der Waals surface area (Å²) in [5, 5.41) is 3.67. The molecule has 5 rings (SSSR count). The number of carbonyl (C=O) groups is 1. The van der Waals surface area contributed by atoms with Gasteiger partial charge in [0.05, 0.1) is 16.8 Å². The summed E-state index contributed by atoms with van der Waals surface area (Å²) in [6.45, 7) is 6.86. The Morgan fingerprint density at radius 2 is 1.58 bits per heavy atom. The van der Waals surface area contributed by atoms with E-state index in [1.54, 1.807) is 18.2 Å². The average molecular weight is 637 g/mol. The number of benzene rings is 4. The van der Waals surface area contributed by atoms with Crippen molar-refractivity contribution in [1.82, 2.24) is 14.9 Å². The Kier molecular flexibility index (Phi) is 8.68. The predicted octanol–water partition coefficient (Wildman–Crippen LogP) is 7.64. The number of amides is 1. The van der Waals surface area contributed by atoms with Gasteiger partial charge in [0.1, 0.15) is 5.82 Å². The third-order valence-electron chi connectivity index (χ3n) is 7.20. The molecule has 0 aliphatic heterocycles. The SMILES string of the molecule is CC(C)(C)c1ccc2nc(-c3ccc(-c4ccc(Cl)cc4Cl)cc3)n(Cc3ccc(C(=O)NCCS(=O)(=O)O)cc3)c2c1. The number of fused-ring (bicyclic) bond motifs is 1. The zero-order valence-corrected chi connectivity index (χ0v) is 26.3. The van der Waals surface area contributed by atoms with Gasteiger partial charge < -0.3 is 9.88 Å². The Bertz CT molecular complexity index is 1910. The van der Waals surface area contributed by atoms with Crippen molar-refractivity contribution in [2.24, 2.45) is 0 Å². The predicted molar refractivity (Wildman–Crippen MR) is 174 cm³/mol. The molecule has 0 saturated heterocycles. The van der Waals surface area contributed by atoms with Gasteiger partial charge in [-0.1, -0.05) is 92.5 Å². The Hall–Kier alpha value is -3.69. The highest BCUT2D eigenvalue weighted by atomic mass is 35.5. The molecule has 0 atom stereocenters. The van der Waals surface area contributed by atoms with E-state index in [2.05, 4.69) is 48.9 Å². The average Bonchev–Trinajstić information content (AvgIpc) is 3.30. The van der Waals surface area contributed by atoms with Crippen LogP contribution in [-0.2, 0) is 22.1 Å². The zero-order chi connectivity index (χ0) is 30.9. The van der Waals surface area contributed by atoms with E-state index in [9.17, 15) is 13.2 Å². The molecular weight excluding hydrogens is 605 g/mol. The second-order valence-corrected chi connectivity index (χ2v) is 13.8. The minimum Gasteiger partial charge on any atom is -0.351 e. The van der Waals surface area contributed by atoms with Gasteiger partial charge in [0.25, 0.3) is 16.0 Å². The number of hydrogen-bond donors (Lipinski definition) is 2. The van der Waals surface area contributed by atoms with Gasteiger partial charge in [-0.2, -0.15) is 8.42 Å². The van der Waals surface area contributed by atoms with Crippen molar-refractivity contribution in [3.05, 3.63) is 112 Å². The van der Waals surface area contributed by atoms with Crippen LogP contribution in [0.3, 0.4) is 0 Å². The van der Waals surface area contributed by atoms with Crippen LogP contribution in [0.4, 0.5) is 0 Å². The highest BCUT2D eigenvalue weighted by Crippen LogP contribution is 2.34. The molecule has 0 unspecified atom stereocenters. The minimum absolute atomic E-state index is 0.0483. The molecule has 43 heavy (non-hydrogen) atoms. The Labute approximate surface area is 261 Å². The normalized spacial score (nSPS) is 12.0. The van der Waals surface area contributed by atoms with Crippen LogP contribution in [0.1, 0.15) is 42.3 Å². The summed E-state index contributed by atoms with van der Waals surface area (Å²) in [6.07, 6.45) is 0. The van der Waals surface area contributed by atoms with E-state index < -0.39 is 21.8 Å². The fraction of sp³-hybridized carbons (Fsp3) is 0.212. The number of imidazole rings is 1. The highest BCUT2D eigenvalue weighted by molar-refractivity contribution is 7.85. The van der Waals surface area contributed by atoms with Gasteiger partial charge in [-0.15, -0.1) is 0 Å². The second-order valence-electron chi connectivity index (χ2n) is 11.4. The molecule has 0 aliphatic rings. The van der Waals surface area contributed by atoms with Crippen molar-refractivity contribution >= 4 is 50.3 Å². The van der Waals surface area contributed by atoms with Crippen LogP contribution in [0.25, 0.3) is 33.5 Å². The van der Waals surface area contributed by atoms with E-state index in [0.717, 1.165) is 39.1 Å². The molecule has 1 aromatic heterocycles. The number of nitrogens with zero attached hydrogens (tertiary/aromatic N) is 2. The van der Waals surface area contributed by atoms with Crippen molar-refractivity contribution in [3.8, 4) is 22.5 Å². The molecule has 222 valence electrons. The molecule has 10 heteroatoms. The first kappa shape index (κ1) is 30.8. The molecule has 1 heterocycles. The molecule has 0 aliphatic carbocycles. The second kappa shape index (κ2) is 12.1. The summed E-state index contributed by atoms with van der Waals surface area (Å²) in [5.41, 5.74) is 7.17. The van der Waals surface area contributed by atoms with Gasteiger partial charge in [0, 0.05) is 39.8 Å². The molecule has 0 radical (unpaired) electrons. The van der Waals surface area contributed by atoms with Crippen LogP contribution in [0.2, 0.25) is 10.0 Å². The molecule has 0 spiro atoms. The maximum atomic E-state index is 12.5. The van der Waals surface area contributed by atoms with Gasteiger partial charge in [-0.05, 0) is 58.5 Å². The number of carbonyl (C=O) groups excluding carboxylic acids is 1. The lowest BCUT2D eigenvalue weighted by Gasteiger charge is -2.19. The first-order valence-electron chi connectivity index (χ1n) is 13.7. The summed E-state index contributed by atoms with van der Waals surface area (Å²) in [6, 6.07) is 27.0. The topological polar surface area (TPSA) is 101 Å². The molecule has 4 aromatic carbocycles. The fourth-order valence-electron chi connectivity index (χ4n) is 4.83. The van der Waals surface area contributed by atoms with E-state index in [0.29, 0.717) is 22.2 Å².